The number of para-hydroxylation sites is 2. The lowest BCUT2D eigenvalue weighted by Gasteiger charge is -2.36. The molecular formula is C20H21ClN6O2. The van der Waals surface area contributed by atoms with Gasteiger partial charge in [-0.05, 0) is 29.5 Å². The molecule has 0 spiro atoms. The normalized spacial score (nSPS) is 14.1. The van der Waals surface area contributed by atoms with Gasteiger partial charge >= 0.3 is 0 Å². The van der Waals surface area contributed by atoms with E-state index in [4.69, 9.17) is 16.3 Å². The van der Waals surface area contributed by atoms with Crippen LogP contribution in [0.4, 0.5) is 5.69 Å². The fraction of sp³-hybridized carbons (Fsp3) is 0.300. The Bertz CT molecular complexity index is 1000. The highest BCUT2D eigenvalue weighted by Crippen LogP contribution is 2.28. The first-order valence-corrected chi connectivity index (χ1v) is 9.72. The highest BCUT2D eigenvalue weighted by atomic mass is 35.5. The van der Waals surface area contributed by atoms with E-state index < -0.39 is 0 Å². The van der Waals surface area contributed by atoms with Crippen molar-refractivity contribution in [2.45, 2.75) is 6.54 Å². The standard InChI is InChI=1S/C20H21ClN6O2/c1-29-18-9-5-4-8-17(18)25-10-12-26(13-11-25)19(28)14-27-23-20(22-24-27)15-6-2-3-7-16(15)21/h2-9H,10-14H2,1H3. The van der Waals surface area contributed by atoms with Gasteiger partial charge in [-0.1, -0.05) is 35.9 Å². The average Bonchev–Trinajstić information content (AvgIpc) is 3.22. The van der Waals surface area contributed by atoms with Gasteiger partial charge in [0.1, 0.15) is 12.3 Å². The van der Waals surface area contributed by atoms with E-state index in [-0.39, 0.29) is 12.5 Å². The molecule has 0 aliphatic carbocycles. The number of hydrogen-bond acceptors (Lipinski definition) is 6. The monoisotopic (exact) mass is 412 g/mol. The van der Waals surface area contributed by atoms with Crippen LogP contribution >= 0.6 is 11.6 Å². The van der Waals surface area contributed by atoms with Crippen molar-refractivity contribution in [3.63, 3.8) is 0 Å². The van der Waals surface area contributed by atoms with Crippen molar-refractivity contribution in [3.8, 4) is 17.1 Å². The lowest BCUT2D eigenvalue weighted by molar-refractivity contribution is -0.132. The van der Waals surface area contributed by atoms with Crippen LogP contribution in [0.1, 0.15) is 0 Å². The lowest BCUT2D eigenvalue weighted by atomic mass is 10.2. The van der Waals surface area contributed by atoms with Gasteiger partial charge in [-0.15, -0.1) is 10.2 Å². The van der Waals surface area contributed by atoms with Gasteiger partial charge in [0.25, 0.3) is 0 Å². The number of amides is 1. The summed E-state index contributed by atoms with van der Waals surface area (Å²) in [5.74, 6) is 1.21. The Morgan fingerprint density at radius 1 is 1.07 bits per heavy atom. The van der Waals surface area contributed by atoms with Crippen molar-refractivity contribution < 1.29 is 9.53 Å². The molecule has 0 radical (unpaired) electrons. The molecule has 0 unspecified atom stereocenters. The molecule has 9 heteroatoms. The molecule has 1 aliphatic heterocycles. The van der Waals surface area contributed by atoms with Crippen LogP contribution in [0.2, 0.25) is 5.02 Å². The van der Waals surface area contributed by atoms with Crippen LogP contribution in [0.5, 0.6) is 5.75 Å². The summed E-state index contributed by atoms with van der Waals surface area (Å²) in [5, 5.41) is 12.9. The molecule has 1 fully saturated rings. The molecule has 0 saturated carbocycles. The Labute approximate surface area is 173 Å². The van der Waals surface area contributed by atoms with Crippen molar-refractivity contribution in [3.05, 3.63) is 53.6 Å². The van der Waals surface area contributed by atoms with Crippen LogP contribution in [-0.4, -0.2) is 64.3 Å². The summed E-state index contributed by atoms with van der Waals surface area (Å²) in [7, 11) is 1.67. The van der Waals surface area contributed by atoms with Gasteiger partial charge in [-0.2, -0.15) is 4.80 Å². The summed E-state index contributed by atoms with van der Waals surface area (Å²) in [6.45, 7) is 2.78. The number of ether oxygens (including phenoxy) is 1. The number of piperazine rings is 1. The van der Waals surface area contributed by atoms with Crippen molar-refractivity contribution in [1.82, 2.24) is 25.1 Å². The minimum atomic E-state index is -0.0345. The maximum Gasteiger partial charge on any atom is 0.246 e. The Hall–Kier alpha value is -3.13. The minimum Gasteiger partial charge on any atom is -0.495 e. The lowest BCUT2D eigenvalue weighted by Crippen LogP contribution is -2.49. The summed E-state index contributed by atoms with van der Waals surface area (Å²) < 4.78 is 5.44. The number of carbonyl (C=O) groups excluding carboxylic acids is 1. The third kappa shape index (κ3) is 4.17. The summed E-state index contributed by atoms with van der Waals surface area (Å²) in [6.07, 6.45) is 0. The zero-order valence-electron chi connectivity index (χ0n) is 16.0. The van der Waals surface area contributed by atoms with E-state index in [1.54, 1.807) is 13.2 Å². The largest absolute Gasteiger partial charge is 0.495 e. The second-order valence-corrected chi connectivity index (χ2v) is 7.07. The Morgan fingerprint density at radius 2 is 1.79 bits per heavy atom. The molecular weight excluding hydrogens is 392 g/mol. The predicted octanol–water partition coefficient (Wildman–Crippen LogP) is 2.35. The van der Waals surface area contributed by atoms with Crippen molar-refractivity contribution >= 4 is 23.2 Å². The molecule has 1 aliphatic rings. The number of benzene rings is 2. The van der Waals surface area contributed by atoms with Crippen molar-refractivity contribution in [2.24, 2.45) is 0 Å². The number of aromatic nitrogens is 4. The van der Waals surface area contributed by atoms with Gasteiger partial charge in [-0.3, -0.25) is 4.79 Å². The fourth-order valence-electron chi connectivity index (χ4n) is 3.37. The highest BCUT2D eigenvalue weighted by molar-refractivity contribution is 6.33. The van der Waals surface area contributed by atoms with Gasteiger partial charge < -0.3 is 14.5 Å². The van der Waals surface area contributed by atoms with E-state index >= 15 is 0 Å². The number of carbonyl (C=O) groups is 1. The predicted molar refractivity (Wildman–Crippen MR) is 110 cm³/mol. The van der Waals surface area contributed by atoms with Crippen LogP contribution < -0.4 is 9.64 Å². The van der Waals surface area contributed by atoms with Crippen LogP contribution in [-0.2, 0) is 11.3 Å². The van der Waals surface area contributed by atoms with Crippen molar-refractivity contribution in [2.75, 3.05) is 38.2 Å². The summed E-state index contributed by atoms with van der Waals surface area (Å²) in [6, 6.07) is 15.2. The first-order valence-electron chi connectivity index (χ1n) is 9.34. The highest BCUT2D eigenvalue weighted by Gasteiger charge is 2.23. The molecule has 3 aromatic rings. The number of nitrogens with zero attached hydrogens (tertiary/aromatic N) is 6. The minimum absolute atomic E-state index is 0.0345. The zero-order chi connectivity index (χ0) is 20.2. The van der Waals surface area contributed by atoms with Crippen LogP contribution in [0.3, 0.4) is 0 Å². The number of rotatable bonds is 5. The van der Waals surface area contributed by atoms with Gasteiger partial charge in [0.2, 0.25) is 11.7 Å². The molecule has 2 heterocycles. The summed E-state index contributed by atoms with van der Waals surface area (Å²) >= 11 is 6.18. The second-order valence-electron chi connectivity index (χ2n) is 6.66. The Balaban J connectivity index is 1.37. The quantitative estimate of drug-likeness (QED) is 0.640. The van der Waals surface area contributed by atoms with Gasteiger partial charge in [0.15, 0.2) is 0 Å². The van der Waals surface area contributed by atoms with Crippen molar-refractivity contribution in [1.29, 1.82) is 0 Å². The molecule has 0 N–H and O–H groups in total. The third-order valence-electron chi connectivity index (χ3n) is 4.90. The Kier molecular flexibility index (Phi) is 5.62. The maximum atomic E-state index is 12.7. The number of tetrazole rings is 1. The molecule has 4 rings (SSSR count). The van der Waals surface area contributed by atoms with Gasteiger partial charge in [0, 0.05) is 31.7 Å². The number of hydrogen-bond donors (Lipinski definition) is 0. The molecule has 0 bridgehead atoms. The maximum absolute atomic E-state index is 12.7. The smallest absolute Gasteiger partial charge is 0.246 e. The number of anilines is 1. The topological polar surface area (TPSA) is 76.4 Å². The molecule has 1 aromatic heterocycles. The summed E-state index contributed by atoms with van der Waals surface area (Å²) in [5.41, 5.74) is 1.74. The molecule has 1 saturated heterocycles. The van der Waals surface area contributed by atoms with E-state index in [2.05, 4.69) is 20.3 Å². The van der Waals surface area contributed by atoms with Crippen LogP contribution in [0, 0.1) is 0 Å². The van der Waals surface area contributed by atoms with Gasteiger partial charge in [0.05, 0.1) is 17.8 Å². The fourth-order valence-corrected chi connectivity index (χ4v) is 3.59. The molecule has 29 heavy (non-hydrogen) atoms. The molecule has 8 nitrogen and oxygen atoms in total. The molecule has 150 valence electrons. The molecule has 1 amide bonds. The number of halogens is 1. The Morgan fingerprint density at radius 3 is 2.55 bits per heavy atom. The SMILES string of the molecule is COc1ccccc1N1CCN(C(=O)Cn2nnc(-c3ccccc3Cl)n2)CC1. The van der Waals surface area contributed by atoms with E-state index in [1.165, 1.54) is 4.80 Å². The van der Waals surface area contributed by atoms with Gasteiger partial charge in [-0.25, -0.2) is 0 Å². The summed E-state index contributed by atoms with van der Waals surface area (Å²) in [4.78, 5) is 18.0. The first kappa shape index (κ1) is 19.2. The van der Waals surface area contributed by atoms with E-state index in [0.29, 0.717) is 29.5 Å². The molecule has 0 atom stereocenters. The van der Waals surface area contributed by atoms with Crippen LogP contribution in [0.25, 0.3) is 11.4 Å². The van der Waals surface area contributed by atoms with E-state index in [9.17, 15) is 4.79 Å². The third-order valence-corrected chi connectivity index (χ3v) is 5.23. The first-order chi connectivity index (χ1) is 14.2. The van der Waals surface area contributed by atoms with Crippen LogP contribution in [0.15, 0.2) is 48.5 Å². The second kappa shape index (κ2) is 8.48. The average molecular weight is 413 g/mol. The van der Waals surface area contributed by atoms with E-state index in [0.717, 1.165) is 24.5 Å². The zero-order valence-corrected chi connectivity index (χ0v) is 16.8. The number of methoxy groups -OCH3 is 1. The van der Waals surface area contributed by atoms with E-state index in [1.807, 2.05) is 47.4 Å². The molecule has 2 aromatic carbocycles.